The van der Waals surface area contributed by atoms with Gasteiger partial charge in [-0.1, -0.05) is 16.9 Å². The summed E-state index contributed by atoms with van der Waals surface area (Å²) in [6.07, 6.45) is 3.07. The van der Waals surface area contributed by atoms with Crippen molar-refractivity contribution in [3.63, 3.8) is 0 Å². The van der Waals surface area contributed by atoms with Crippen LogP contribution in [0.2, 0.25) is 0 Å². The molecule has 2 aromatic carbocycles. The Bertz CT molecular complexity index is 1610. The fraction of sp³-hybridized carbons (Fsp3) is 0.222. The van der Waals surface area contributed by atoms with Gasteiger partial charge in [-0.25, -0.2) is 23.2 Å². The topological polar surface area (TPSA) is 111 Å². The van der Waals surface area contributed by atoms with E-state index in [-0.39, 0.29) is 17.0 Å². The summed E-state index contributed by atoms with van der Waals surface area (Å²) in [6, 6.07) is 9.09. The van der Waals surface area contributed by atoms with Crippen LogP contribution in [0.4, 0.5) is 8.78 Å². The van der Waals surface area contributed by atoms with Crippen LogP contribution in [0.15, 0.2) is 53.3 Å². The van der Waals surface area contributed by atoms with Crippen LogP contribution in [-0.4, -0.2) is 25.8 Å². The zero-order valence-electron chi connectivity index (χ0n) is 20.4. The van der Waals surface area contributed by atoms with Crippen LogP contribution >= 0.6 is 11.3 Å². The van der Waals surface area contributed by atoms with Crippen molar-refractivity contribution < 1.29 is 22.9 Å². The van der Waals surface area contributed by atoms with E-state index in [0.29, 0.717) is 45.4 Å². The van der Waals surface area contributed by atoms with E-state index in [1.54, 1.807) is 29.8 Å². The molecular weight excluding hydrogens is 530 g/mol. The summed E-state index contributed by atoms with van der Waals surface area (Å²) in [5, 5.41) is 21.5. The molecule has 1 fully saturated rings. The van der Waals surface area contributed by atoms with Gasteiger partial charge in [-0.05, 0) is 73.6 Å². The van der Waals surface area contributed by atoms with Crippen molar-refractivity contribution in [3.05, 3.63) is 88.1 Å². The fourth-order valence-corrected chi connectivity index (χ4v) is 5.64. The van der Waals surface area contributed by atoms with Gasteiger partial charge in [0.25, 0.3) is 0 Å². The Labute approximate surface area is 224 Å². The second-order valence-corrected chi connectivity index (χ2v) is 11.4. The van der Waals surface area contributed by atoms with Crippen LogP contribution in [0, 0.1) is 17.6 Å². The number of thiazole rings is 1. The van der Waals surface area contributed by atoms with Gasteiger partial charge in [0.15, 0.2) is 22.5 Å². The number of carboxylic acids is 1. The molecule has 1 aliphatic carbocycles. The lowest BCUT2D eigenvalue weighted by molar-refractivity contribution is 0.0691. The number of nitrogens with two attached hydrogens (primary N) is 1. The van der Waals surface area contributed by atoms with Crippen molar-refractivity contribution in [1.82, 2.24) is 14.8 Å². The van der Waals surface area contributed by atoms with Crippen LogP contribution < -0.4 is 5.14 Å². The van der Waals surface area contributed by atoms with Crippen LogP contribution in [0.1, 0.15) is 52.6 Å². The Morgan fingerprint density at radius 3 is 2.61 bits per heavy atom. The monoisotopic (exact) mass is 555 g/mol. The highest BCUT2D eigenvalue weighted by Gasteiger charge is 2.30. The van der Waals surface area contributed by atoms with Crippen molar-refractivity contribution in [1.29, 1.82) is 0 Å². The van der Waals surface area contributed by atoms with Gasteiger partial charge in [-0.2, -0.15) is 5.10 Å². The van der Waals surface area contributed by atoms with Crippen molar-refractivity contribution >= 4 is 33.9 Å². The molecule has 196 valence electrons. The van der Waals surface area contributed by atoms with E-state index >= 15 is 0 Å². The smallest absolute Gasteiger partial charge is 0.355 e. The molecule has 1 atom stereocenters. The lowest BCUT2D eigenvalue weighted by atomic mass is 9.95. The summed E-state index contributed by atoms with van der Waals surface area (Å²) in [5.41, 5.74) is 4.29. The standard InChI is InChI=1S/C27H24F2N4O3S2/c1-14(2)18-12-17(6-7-20(18)28)25-19(9-16-5-8-24(38(30)36)21(29)10-16)23(11-15-3-4-15)33(32-25)27-31-22(13-37-27)26(34)35/h5-8,10,12-13,15H,1,3-4,9,11H2,2H3,(H2,30,36)(H,34,35)/p+1. The predicted octanol–water partition coefficient (Wildman–Crippen LogP) is 5.48. The van der Waals surface area contributed by atoms with Gasteiger partial charge >= 0.3 is 5.97 Å². The maximum absolute atomic E-state index is 14.7. The summed E-state index contributed by atoms with van der Waals surface area (Å²) in [4.78, 5) is 15.7. The molecule has 11 heteroatoms. The number of carboxylic acid groups (broad SMARTS) is 1. The van der Waals surface area contributed by atoms with Crippen molar-refractivity contribution in [3.8, 4) is 16.4 Å². The highest BCUT2D eigenvalue weighted by molar-refractivity contribution is 7.82. The number of benzene rings is 2. The molecule has 38 heavy (non-hydrogen) atoms. The number of halogens is 2. The maximum atomic E-state index is 14.7. The molecule has 7 nitrogen and oxygen atoms in total. The number of hydrogen-bond donors (Lipinski definition) is 2. The quantitative estimate of drug-likeness (QED) is 0.210. The van der Waals surface area contributed by atoms with Crippen molar-refractivity contribution in [2.45, 2.75) is 37.5 Å². The first-order valence-corrected chi connectivity index (χ1v) is 14.1. The average Bonchev–Trinajstić information content (AvgIpc) is 3.42. The SMILES string of the molecule is C=C(C)c1cc(-c2nn(-c3nc(C(=O)O)cs3)c(CC3CC3)c2Cc2ccc([SH+](N)=O)c(F)c2)ccc1F. The number of nitrogens with zero attached hydrogens (tertiary/aromatic N) is 3. The Kier molecular flexibility index (Phi) is 7.08. The van der Waals surface area contributed by atoms with Gasteiger partial charge in [0.1, 0.15) is 5.82 Å². The average molecular weight is 556 g/mol. The van der Waals surface area contributed by atoms with E-state index in [2.05, 4.69) is 11.6 Å². The minimum absolute atomic E-state index is 0.0495. The molecule has 0 spiro atoms. The molecule has 1 saturated carbocycles. The lowest BCUT2D eigenvalue weighted by Gasteiger charge is -2.10. The second kappa shape index (κ2) is 10.3. The third-order valence-electron chi connectivity index (χ3n) is 6.49. The molecule has 2 aromatic heterocycles. The predicted molar refractivity (Wildman–Crippen MR) is 144 cm³/mol. The molecule has 1 unspecified atom stereocenters. The number of carbonyl (C=O) groups is 1. The first kappa shape index (κ1) is 26.1. The summed E-state index contributed by atoms with van der Waals surface area (Å²) < 4.78 is 42.5. The summed E-state index contributed by atoms with van der Waals surface area (Å²) in [5.74, 6) is -1.75. The Morgan fingerprint density at radius 1 is 1.24 bits per heavy atom. The third-order valence-corrected chi connectivity index (χ3v) is 8.14. The van der Waals surface area contributed by atoms with Crippen LogP contribution in [0.25, 0.3) is 22.0 Å². The van der Waals surface area contributed by atoms with Crippen molar-refractivity contribution in [2.24, 2.45) is 11.1 Å². The Morgan fingerprint density at radius 2 is 2.00 bits per heavy atom. The van der Waals surface area contributed by atoms with Gasteiger partial charge in [0.05, 0.1) is 11.4 Å². The molecule has 0 radical (unpaired) electrons. The molecule has 4 aromatic rings. The number of thiol groups is 1. The van der Waals surface area contributed by atoms with Crippen LogP contribution in [0.5, 0.6) is 0 Å². The molecule has 0 amide bonds. The summed E-state index contributed by atoms with van der Waals surface area (Å²) in [6.45, 7) is 5.59. The zero-order valence-corrected chi connectivity index (χ0v) is 22.2. The van der Waals surface area contributed by atoms with E-state index in [1.807, 2.05) is 0 Å². The number of aromatic carboxylic acids is 1. The number of rotatable bonds is 9. The van der Waals surface area contributed by atoms with Crippen LogP contribution in [-0.2, 0) is 28.0 Å². The second-order valence-electron chi connectivity index (χ2n) is 9.42. The first-order valence-electron chi connectivity index (χ1n) is 11.9. The molecule has 3 N–H and O–H groups in total. The van der Waals surface area contributed by atoms with Gasteiger partial charge in [0.2, 0.25) is 10.0 Å². The minimum Gasteiger partial charge on any atom is -0.476 e. The number of hydrogen-bond acceptors (Lipinski definition) is 5. The van der Waals surface area contributed by atoms with Crippen LogP contribution in [0.3, 0.4) is 0 Å². The van der Waals surface area contributed by atoms with E-state index in [4.69, 9.17) is 10.2 Å². The Balaban J connectivity index is 1.71. The largest absolute Gasteiger partial charge is 0.476 e. The molecule has 2 heterocycles. The highest BCUT2D eigenvalue weighted by Crippen LogP contribution is 2.38. The summed E-state index contributed by atoms with van der Waals surface area (Å²) >= 11 is 1.16. The van der Waals surface area contributed by atoms with E-state index in [9.17, 15) is 22.9 Å². The van der Waals surface area contributed by atoms with Gasteiger partial charge in [-0.3, -0.25) is 0 Å². The zero-order chi connectivity index (χ0) is 27.1. The highest BCUT2D eigenvalue weighted by atomic mass is 32.2. The van der Waals surface area contributed by atoms with Gasteiger partial charge in [0, 0.05) is 28.5 Å². The van der Waals surface area contributed by atoms with Gasteiger partial charge < -0.3 is 5.11 Å². The maximum Gasteiger partial charge on any atom is 0.355 e. The number of allylic oxidation sites excluding steroid dienone is 1. The molecular formula is C27H25F2N4O3S2+. The summed E-state index contributed by atoms with van der Waals surface area (Å²) in [7, 11) is -2.32. The minimum atomic E-state index is -2.32. The van der Waals surface area contributed by atoms with E-state index in [1.165, 1.54) is 23.6 Å². The molecule has 0 aliphatic heterocycles. The van der Waals surface area contributed by atoms with E-state index < -0.39 is 28.6 Å². The number of aromatic nitrogens is 3. The van der Waals surface area contributed by atoms with Crippen molar-refractivity contribution in [2.75, 3.05) is 0 Å². The molecule has 0 saturated heterocycles. The normalized spacial score (nSPS) is 14.0. The fourth-order valence-electron chi connectivity index (χ4n) is 4.37. The molecule has 5 rings (SSSR count). The Hall–Kier alpha value is -3.54. The third kappa shape index (κ3) is 5.22. The first-order chi connectivity index (χ1) is 18.1. The van der Waals surface area contributed by atoms with Gasteiger partial charge in [-0.15, -0.1) is 16.5 Å². The van der Waals surface area contributed by atoms with E-state index in [0.717, 1.165) is 35.4 Å². The lowest BCUT2D eigenvalue weighted by Crippen LogP contribution is -2.07. The molecule has 1 aliphatic rings. The molecule has 0 bridgehead atoms.